The number of ether oxygens (including phenoxy) is 2. The molecular formula is C24H28N2O2. The van der Waals surface area contributed by atoms with Crippen molar-refractivity contribution >= 4 is 6.21 Å². The van der Waals surface area contributed by atoms with Crippen molar-refractivity contribution in [2.75, 3.05) is 26.3 Å². The lowest BCUT2D eigenvalue weighted by Crippen LogP contribution is -2.34. The molecule has 4 heteroatoms. The van der Waals surface area contributed by atoms with E-state index in [4.69, 9.17) is 20.9 Å². The van der Waals surface area contributed by atoms with Crippen LogP contribution in [-0.2, 0) is 6.54 Å². The van der Waals surface area contributed by atoms with Crippen molar-refractivity contribution in [3.8, 4) is 23.8 Å². The predicted molar refractivity (Wildman–Crippen MR) is 114 cm³/mol. The summed E-state index contributed by atoms with van der Waals surface area (Å²) in [6.07, 6.45) is 9.40. The van der Waals surface area contributed by atoms with Gasteiger partial charge in [0.2, 0.25) is 0 Å². The molecule has 1 fully saturated rings. The van der Waals surface area contributed by atoms with Crippen LogP contribution >= 0.6 is 0 Å². The molecule has 0 N–H and O–H groups in total. The fourth-order valence-corrected chi connectivity index (χ4v) is 3.37. The standard InChI is InChI=1S/C24H28N2O2/c1-3-16-28-23-11-10-21(17-24(23)27-4-2)18-25-22-12-14-26(15-13-22)19-20-8-6-5-7-9-20/h1,5-11,17-18,22H,4,12-16,19H2,2H3. The Bertz CT molecular complexity index is 803. The first-order valence-corrected chi connectivity index (χ1v) is 9.91. The molecule has 0 saturated carbocycles. The highest BCUT2D eigenvalue weighted by molar-refractivity contribution is 5.81. The molecule has 4 nitrogen and oxygen atoms in total. The summed E-state index contributed by atoms with van der Waals surface area (Å²) in [7, 11) is 0. The van der Waals surface area contributed by atoms with Crippen molar-refractivity contribution in [2.24, 2.45) is 4.99 Å². The molecule has 0 spiro atoms. The Labute approximate surface area is 168 Å². The highest BCUT2D eigenvalue weighted by Gasteiger charge is 2.18. The van der Waals surface area contributed by atoms with Gasteiger partial charge in [0, 0.05) is 25.8 Å². The molecular weight excluding hydrogens is 348 g/mol. The van der Waals surface area contributed by atoms with Crippen LogP contribution < -0.4 is 9.47 Å². The number of hydrogen-bond donors (Lipinski definition) is 0. The Kier molecular flexibility index (Phi) is 7.52. The van der Waals surface area contributed by atoms with Crippen molar-refractivity contribution < 1.29 is 9.47 Å². The van der Waals surface area contributed by atoms with E-state index in [-0.39, 0.29) is 6.61 Å². The van der Waals surface area contributed by atoms with Gasteiger partial charge < -0.3 is 9.47 Å². The van der Waals surface area contributed by atoms with E-state index in [1.54, 1.807) is 0 Å². The average Bonchev–Trinajstić information content (AvgIpc) is 2.73. The lowest BCUT2D eigenvalue weighted by molar-refractivity contribution is 0.206. The van der Waals surface area contributed by atoms with Crippen LogP contribution in [0.1, 0.15) is 30.9 Å². The van der Waals surface area contributed by atoms with Crippen LogP contribution in [0.2, 0.25) is 0 Å². The van der Waals surface area contributed by atoms with Gasteiger partial charge in [0.15, 0.2) is 11.5 Å². The lowest BCUT2D eigenvalue weighted by Gasteiger charge is -2.30. The fraction of sp³-hybridized carbons (Fsp3) is 0.375. The number of nitrogens with zero attached hydrogens (tertiary/aromatic N) is 2. The topological polar surface area (TPSA) is 34.1 Å². The van der Waals surface area contributed by atoms with E-state index in [0.29, 0.717) is 24.1 Å². The zero-order valence-corrected chi connectivity index (χ0v) is 16.5. The van der Waals surface area contributed by atoms with E-state index in [9.17, 15) is 0 Å². The summed E-state index contributed by atoms with van der Waals surface area (Å²) in [5.41, 5.74) is 2.39. The van der Waals surface area contributed by atoms with Gasteiger partial charge >= 0.3 is 0 Å². The number of piperidine rings is 1. The molecule has 146 valence electrons. The van der Waals surface area contributed by atoms with Crippen molar-refractivity contribution in [3.63, 3.8) is 0 Å². The Balaban J connectivity index is 1.54. The maximum Gasteiger partial charge on any atom is 0.162 e. The molecule has 0 aromatic heterocycles. The zero-order valence-electron chi connectivity index (χ0n) is 16.5. The minimum absolute atomic E-state index is 0.231. The van der Waals surface area contributed by atoms with E-state index in [0.717, 1.165) is 38.0 Å². The Morgan fingerprint density at radius 2 is 1.89 bits per heavy atom. The van der Waals surface area contributed by atoms with Crippen LogP contribution in [0.5, 0.6) is 11.5 Å². The van der Waals surface area contributed by atoms with Gasteiger partial charge in [0.05, 0.1) is 12.6 Å². The number of hydrogen-bond acceptors (Lipinski definition) is 4. The summed E-state index contributed by atoms with van der Waals surface area (Å²) >= 11 is 0. The smallest absolute Gasteiger partial charge is 0.162 e. The number of rotatable bonds is 8. The van der Waals surface area contributed by atoms with Crippen LogP contribution in [-0.4, -0.2) is 43.5 Å². The molecule has 0 amide bonds. The van der Waals surface area contributed by atoms with E-state index < -0.39 is 0 Å². The van der Waals surface area contributed by atoms with Gasteiger partial charge in [-0.3, -0.25) is 9.89 Å². The van der Waals surface area contributed by atoms with Crippen LogP contribution in [0, 0.1) is 12.3 Å². The highest BCUT2D eigenvalue weighted by atomic mass is 16.5. The van der Waals surface area contributed by atoms with Crippen LogP contribution in [0.3, 0.4) is 0 Å². The maximum atomic E-state index is 5.68. The van der Waals surface area contributed by atoms with Gasteiger partial charge in [-0.05, 0) is 49.1 Å². The summed E-state index contributed by atoms with van der Waals surface area (Å²) in [4.78, 5) is 7.31. The quantitative estimate of drug-likeness (QED) is 0.512. The SMILES string of the molecule is C#CCOc1ccc(C=NC2CCN(Cc3ccccc3)CC2)cc1OCC. The number of benzene rings is 2. The van der Waals surface area contributed by atoms with Crippen molar-refractivity contribution in [1.82, 2.24) is 4.90 Å². The molecule has 1 aliphatic heterocycles. The first-order chi connectivity index (χ1) is 13.8. The molecule has 1 aliphatic rings. The summed E-state index contributed by atoms with van der Waals surface area (Å²) in [6, 6.07) is 16.9. The Hall–Kier alpha value is -2.77. The van der Waals surface area contributed by atoms with Gasteiger partial charge in [-0.15, -0.1) is 6.42 Å². The largest absolute Gasteiger partial charge is 0.490 e. The van der Waals surface area contributed by atoms with Crippen molar-refractivity contribution in [2.45, 2.75) is 32.4 Å². The lowest BCUT2D eigenvalue weighted by atomic mass is 10.0. The molecule has 28 heavy (non-hydrogen) atoms. The van der Waals surface area contributed by atoms with Crippen LogP contribution in [0.15, 0.2) is 53.5 Å². The molecule has 0 unspecified atom stereocenters. The maximum absolute atomic E-state index is 5.68. The van der Waals surface area contributed by atoms with Crippen LogP contribution in [0.25, 0.3) is 0 Å². The molecule has 0 aliphatic carbocycles. The van der Waals surface area contributed by atoms with E-state index >= 15 is 0 Å². The molecule has 3 rings (SSSR count). The predicted octanol–water partition coefficient (Wildman–Crippen LogP) is 4.18. The first-order valence-electron chi connectivity index (χ1n) is 9.91. The minimum Gasteiger partial charge on any atom is -0.490 e. The minimum atomic E-state index is 0.231. The molecule has 0 radical (unpaired) electrons. The summed E-state index contributed by atoms with van der Waals surface area (Å²) in [5.74, 6) is 3.86. The van der Waals surface area contributed by atoms with E-state index in [1.807, 2.05) is 31.3 Å². The Morgan fingerprint density at radius 3 is 2.61 bits per heavy atom. The molecule has 0 atom stereocenters. The van der Waals surface area contributed by atoms with Crippen molar-refractivity contribution in [3.05, 3.63) is 59.7 Å². The van der Waals surface area contributed by atoms with Gasteiger partial charge in [-0.2, -0.15) is 0 Å². The van der Waals surface area contributed by atoms with Gasteiger partial charge in [-0.1, -0.05) is 36.3 Å². The zero-order chi connectivity index (χ0) is 19.6. The molecule has 1 saturated heterocycles. The van der Waals surface area contributed by atoms with Crippen molar-refractivity contribution in [1.29, 1.82) is 0 Å². The average molecular weight is 377 g/mol. The summed E-state index contributed by atoms with van der Waals surface area (Å²) in [6.45, 7) is 5.95. The molecule has 2 aromatic carbocycles. The molecule has 0 bridgehead atoms. The third-order valence-electron chi connectivity index (χ3n) is 4.82. The number of aliphatic imine (C=N–C) groups is 1. The summed E-state index contributed by atoms with van der Waals surface area (Å²) in [5, 5.41) is 0. The van der Waals surface area contributed by atoms with E-state index in [2.05, 4.69) is 41.2 Å². The second kappa shape index (κ2) is 10.5. The molecule has 2 aromatic rings. The monoisotopic (exact) mass is 376 g/mol. The third kappa shape index (κ3) is 5.87. The highest BCUT2D eigenvalue weighted by Crippen LogP contribution is 2.28. The van der Waals surface area contributed by atoms with Gasteiger partial charge in [0.25, 0.3) is 0 Å². The number of terminal acetylenes is 1. The molecule has 1 heterocycles. The third-order valence-corrected chi connectivity index (χ3v) is 4.82. The van der Waals surface area contributed by atoms with Gasteiger partial charge in [0.1, 0.15) is 6.61 Å². The van der Waals surface area contributed by atoms with Gasteiger partial charge in [-0.25, -0.2) is 0 Å². The normalized spacial score (nSPS) is 15.4. The number of likely N-dealkylation sites (tertiary alicyclic amines) is 1. The first kappa shape index (κ1) is 20.0. The second-order valence-corrected chi connectivity index (χ2v) is 6.90. The summed E-state index contributed by atoms with van der Waals surface area (Å²) < 4.78 is 11.2. The Morgan fingerprint density at radius 1 is 1.11 bits per heavy atom. The second-order valence-electron chi connectivity index (χ2n) is 6.90. The van der Waals surface area contributed by atoms with E-state index in [1.165, 1.54) is 5.56 Å². The van der Waals surface area contributed by atoms with Crippen LogP contribution in [0.4, 0.5) is 0 Å². The fourth-order valence-electron chi connectivity index (χ4n) is 3.37.